The standard InChI is InChI=1S/C13H15FN2O/c1-16-12(17)10-8-9(14)2-3-11(10)13(16)4-6-15-7-5-13/h2-3,8,15H,4-7H2,1H3. The molecule has 2 aliphatic heterocycles. The van der Waals surface area contributed by atoms with Gasteiger partial charge in [-0.2, -0.15) is 0 Å². The average molecular weight is 234 g/mol. The Kier molecular flexibility index (Phi) is 2.23. The van der Waals surface area contributed by atoms with Crippen LogP contribution in [0.25, 0.3) is 0 Å². The van der Waals surface area contributed by atoms with Crippen LogP contribution >= 0.6 is 0 Å². The van der Waals surface area contributed by atoms with Gasteiger partial charge in [0.15, 0.2) is 0 Å². The van der Waals surface area contributed by atoms with E-state index in [2.05, 4.69) is 5.32 Å². The van der Waals surface area contributed by atoms with Crippen LogP contribution in [-0.2, 0) is 5.54 Å². The van der Waals surface area contributed by atoms with Crippen LogP contribution in [0.4, 0.5) is 4.39 Å². The Hall–Kier alpha value is -1.42. The normalized spacial score (nSPS) is 22.0. The van der Waals surface area contributed by atoms with Gasteiger partial charge >= 0.3 is 0 Å². The molecule has 1 amide bonds. The van der Waals surface area contributed by atoms with E-state index in [1.54, 1.807) is 11.0 Å². The summed E-state index contributed by atoms with van der Waals surface area (Å²) in [4.78, 5) is 14.0. The predicted molar refractivity (Wildman–Crippen MR) is 62.3 cm³/mol. The minimum atomic E-state index is -0.337. The number of rotatable bonds is 0. The molecule has 1 spiro atoms. The number of carbonyl (C=O) groups is 1. The minimum Gasteiger partial charge on any atom is -0.332 e. The van der Waals surface area contributed by atoms with E-state index >= 15 is 0 Å². The van der Waals surface area contributed by atoms with E-state index in [4.69, 9.17) is 0 Å². The second-order valence-corrected chi connectivity index (χ2v) is 4.84. The number of carbonyl (C=O) groups excluding carboxylic acids is 1. The van der Waals surface area contributed by atoms with Crippen molar-refractivity contribution in [3.05, 3.63) is 35.1 Å². The van der Waals surface area contributed by atoms with Gasteiger partial charge in [-0.3, -0.25) is 4.79 Å². The monoisotopic (exact) mass is 234 g/mol. The number of fused-ring (bicyclic) bond motifs is 2. The summed E-state index contributed by atoms with van der Waals surface area (Å²) in [6.45, 7) is 1.79. The lowest BCUT2D eigenvalue weighted by atomic mass is 9.81. The maximum atomic E-state index is 13.2. The molecule has 2 heterocycles. The highest BCUT2D eigenvalue weighted by Crippen LogP contribution is 2.44. The Balaban J connectivity index is 2.16. The SMILES string of the molecule is CN1C(=O)c2cc(F)ccc2C12CCNCC2. The zero-order valence-corrected chi connectivity index (χ0v) is 9.79. The Labute approximate surface area is 99.6 Å². The third-order valence-electron chi connectivity index (χ3n) is 4.09. The molecule has 4 heteroatoms. The number of amides is 1. The largest absolute Gasteiger partial charge is 0.332 e. The van der Waals surface area contributed by atoms with Gasteiger partial charge in [-0.05, 0) is 43.6 Å². The Morgan fingerprint density at radius 1 is 1.35 bits per heavy atom. The van der Waals surface area contributed by atoms with Gasteiger partial charge in [0.2, 0.25) is 0 Å². The van der Waals surface area contributed by atoms with Gasteiger partial charge in [0.05, 0.1) is 5.54 Å². The summed E-state index contributed by atoms with van der Waals surface area (Å²) in [5, 5.41) is 3.30. The number of benzene rings is 1. The van der Waals surface area contributed by atoms with Crippen LogP contribution in [0.15, 0.2) is 18.2 Å². The number of halogens is 1. The van der Waals surface area contributed by atoms with Gasteiger partial charge in [0.1, 0.15) is 5.82 Å². The van der Waals surface area contributed by atoms with Crippen molar-refractivity contribution in [1.82, 2.24) is 10.2 Å². The molecule has 0 atom stereocenters. The molecular formula is C13H15FN2O. The van der Waals surface area contributed by atoms with Crippen LogP contribution in [0.3, 0.4) is 0 Å². The number of nitrogens with one attached hydrogen (secondary N) is 1. The van der Waals surface area contributed by atoms with Crippen molar-refractivity contribution < 1.29 is 9.18 Å². The quantitative estimate of drug-likeness (QED) is 0.737. The highest BCUT2D eigenvalue weighted by molar-refractivity contribution is 5.99. The van der Waals surface area contributed by atoms with Crippen LogP contribution in [-0.4, -0.2) is 30.9 Å². The topological polar surface area (TPSA) is 32.3 Å². The van der Waals surface area contributed by atoms with Gasteiger partial charge in [-0.1, -0.05) is 6.07 Å². The summed E-state index contributed by atoms with van der Waals surface area (Å²) in [7, 11) is 1.82. The molecule has 0 radical (unpaired) electrons. The smallest absolute Gasteiger partial charge is 0.254 e. The molecule has 3 nitrogen and oxygen atoms in total. The van der Waals surface area contributed by atoms with E-state index in [1.165, 1.54) is 12.1 Å². The second kappa shape index (κ2) is 3.53. The van der Waals surface area contributed by atoms with Crippen molar-refractivity contribution in [2.75, 3.05) is 20.1 Å². The molecule has 1 N–H and O–H groups in total. The summed E-state index contributed by atoms with van der Waals surface area (Å²) in [5.74, 6) is -0.391. The van der Waals surface area contributed by atoms with Crippen molar-refractivity contribution in [2.45, 2.75) is 18.4 Å². The third kappa shape index (κ3) is 1.33. The molecule has 2 aliphatic rings. The molecule has 3 rings (SSSR count). The molecule has 1 aromatic carbocycles. The van der Waals surface area contributed by atoms with Crippen LogP contribution < -0.4 is 5.32 Å². The zero-order chi connectivity index (χ0) is 12.0. The Bertz CT molecular complexity index is 480. The lowest BCUT2D eigenvalue weighted by molar-refractivity contribution is 0.0551. The van der Waals surface area contributed by atoms with Crippen LogP contribution in [0.5, 0.6) is 0 Å². The van der Waals surface area contributed by atoms with Crippen molar-refractivity contribution in [3.8, 4) is 0 Å². The highest BCUT2D eigenvalue weighted by atomic mass is 19.1. The number of nitrogens with zero attached hydrogens (tertiary/aromatic N) is 1. The number of piperidine rings is 1. The van der Waals surface area contributed by atoms with Gasteiger partial charge < -0.3 is 10.2 Å². The van der Waals surface area contributed by atoms with Crippen molar-refractivity contribution in [3.63, 3.8) is 0 Å². The molecule has 0 aromatic heterocycles. The summed E-state index contributed by atoms with van der Waals surface area (Å²) < 4.78 is 13.2. The van der Waals surface area contributed by atoms with E-state index in [-0.39, 0.29) is 17.3 Å². The van der Waals surface area contributed by atoms with Crippen LogP contribution in [0, 0.1) is 5.82 Å². The maximum Gasteiger partial charge on any atom is 0.254 e. The molecule has 0 saturated carbocycles. The summed E-state index contributed by atoms with van der Waals surface area (Å²) >= 11 is 0. The fraction of sp³-hybridized carbons (Fsp3) is 0.462. The molecule has 1 fully saturated rings. The van der Waals surface area contributed by atoms with Gasteiger partial charge in [-0.15, -0.1) is 0 Å². The number of hydrogen-bond donors (Lipinski definition) is 1. The molecular weight excluding hydrogens is 219 g/mol. The van der Waals surface area contributed by atoms with E-state index in [0.29, 0.717) is 5.56 Å². The molecule has 0 aliphatic carbocycles. The molecule has 17 heavy (non-hydrogen) atoms. The van der Waals surface area contributed by atoms with Crippen LogP contribution in [0.1, 0.15) is 28.8 Å². The lowest BCUT2D eigenvalue weighted by Gasteiger charge is -2.40. The maximum absolute atomic E-state index is 13.2. The summed E-state index contributed by atoms with van der Waals surface area (Å²) in [6, 6.07) is 4.59. The van der Waals surface area contributed by atoms with Crippen molar-refractivity contribution >= 4 is 5.91 Å². The van der Waals surface area contributed by atoms with Crippen LogP contribution in [0.2, 0.25) is 0 Å². The Morgan fingerprint density at radius 2 is 2.06 bits per heavy atom. The first-order valence-electron chi connectivity index (χ1n) is 5.94. The van der Waals surface area contributed by atoms with E-state index < -0.39 is 0 Å². The molecule has 0 bridgehead atoms. The lowest BCUT2D eigenvalue weighted by Crippen LogP contribution is -2.48. The predicted octanol–water partition coefficient (Wildman–Crippen LogP) is 1.49. The minimum absolute atomic E-state index is 0.0543. The zero-order valence-electron chi connectivity index (χ0n) is 9.79. The first-order chi connectivity index (χ1) is 8.15. The molecule has 90 valence electrons. The van der Waals surface area contributed by atoms with E-state index in [1.807, 2.05) is 7.05 Å². The first kappa shape index (κ1) is 10.7. The second-order valence-electron chi connectivity index (χ2n) is 4.84. The van der Waals surface area contributed by atoms with Gasteiger partial charge in [0, 0.05) is 12.6 Å². The van der Waals surface area contributed by atoms with E-state index in [0.717, 1.165) is 31.5 Å². The summed E-state index contributed by atoms with van der Waals surface area (Å²) in [5.41, 5.74) is 1.31. The summed E-state index contributed by atoms with van der Waals surface area (Å²) in [6.07, 6.45) is 1.79. The third-order valence-corrected chi connectivity index (χ3v) is 4.09. The average Bonchev–Trinajstić information content (AvgIpc) is 2.54. The Morgan fingerprint density at radius 3 is 2.76 bits per heavy atom. The molecule has 1 saturated heterocycles. The molecule has 1 aromatic rings. The van der Waals surface area contributed by atoms with E-state index in [9.17, 15) is 9.18 Å². The fourth-order valence-electron chi connectivity index (χ4n) is 3.10. The van der Waals surface area contributed by atoms with Gasteiger partial charge in [-0.25, -0.2) is 4.39 Å². The van der Waals surface area contributed by atoms with Crippen molar-refractivity contribution in [1.29, 1.82) is 0 Å². The number of hydrogen-bond acceptors (Lipinski definition) is 2. The fourth-order valence-corrected chi connectivity index (χ4v) is 3.10. The highest BCUT2D eigenvalue weighted by Gasteiger charge is 2.47. The van der Waals surface area contributed by atoms with Gasteiger partial charge in [0.25, 0.3) is 5.91 Å². The first-order valence-corrected chi connectivity index (χ1v) is 5.94. The van der Waals surface area contributed by atoms with Crippen molar-refractivity contribution in [2.24, 2.45) is 0 Å². The molecule has 0 unspecified atom stereocenters.